The molecule has 2 nitrogen and oxygen atoms in total. The van der Waals surface area contributed by atoms with E-state index < -0.39 is 0 Å². The van der Waals surface area contributed by atoms with Gasteiger partial charge in [0.1, 0.15) is 0 Å². The molecular formula is C16H19BrN2. The van der Waals surface area contributed by atoms with E-state index in [-0.39, 0.29) is 0 Å². The molecule has 0 saturated carbocycles. The smallest absolute Gasteiger partial charge is 0.0410 e. The Hall–Kier alpha value is -1.19. The standard InChI is InChI=1S/C16H19BrN2/c1-3-19-16(15-7-5-4-6-12(15)2)9-13-8-14(17)11-18-10-13/h4-8,10-11,16,19H,3,9H2,1-2H3. The molecule has 2 rings (SSSR count). The van der Waals surface area contributed by atoms with Crippen molar-refractivity contribution in [3.8, 4) is 0 Å². The van der Waals surface area contributed by atoms with Crippen molar-refractivity contribution in [1.82, 2.24) is 10.3 Å². The maximum absolute atomic E-state index is 4.24. The van der Waals surface area contributed by atoms with E-state index in [1.165, 1.54) is 16.7 Å². The van der Waals surface area contributed by atoms with Crippen LogP contribution in [0.3, 0.4) is 0 Å². The summed E-state index contributed by atoms with van der Waals surface area (Å²) < 4.78 is 1.03. The Bertz CT molecular complexity index is 540. The average molecular weight is 319 g/mol. The number of nitrogens with zero attached hydrogens (tertiary/aromatic N) is 1. The van der Waals surface area contributed by atoms with E-state index in [0.29, 0.717) is 6.04 Å². The molecule has 0 spiro atoms. The summed E-state index contributed by atoms with van der Waals surface area (Å²) in [5, 5.41) is 3.56. The normalized spacial score (nSPS) is 12.4. The molecule has 100 valence electrons. The maximum Gasteiger partial charge on any atom is 0.0410 e. The minimum atomic E-state index is 0.335. The number of likely N-dealkylation sites (N-methyl/N-ethyl adjacent to an activating group) is 1. The molecule has 1 aromatic carbocycles. The van der Waals surface area contributed by atoms with Gasteiger partial charge in [-0.15, -0.1) is 0 Å². The van der Waals surface area contributed by atoms with E-state index >= 15 is 0 Å². The summed E-state index contributed by atoms with van der Waals surface area (Å²) >= 11 is 3.48. The summed E-state index contributed by atoms with van der Waals surface area (Å²) in [6.07, 6.45) is 4.71. The van der Waals surface area contributed by atoms with Crippen molar-refractivity contribution in [2.45, 2.75) is 26.3 Å². The van der Waals surface area contributed by atoms with Crippen LogP contribution < -0.4 is 5.32 Å². The molecule has 1 heterocycles. The molecule has 1 unspecified atom stereocenters. The Kier molecular flexibility index (Phi) is 5.11. The third kappa shape index (κ3) is 3.88. The molecule has 2 aromatic rings. The number of aryl methyl sites for hydroxylation is 1. The first-order chi connectivity index (χ1) is 9.20. The quantitative estimate of drug-likeness (QED) is 0.899. The maximum atomic E-state index is 4.24. The fourth-order valence-electron chi connectivity index (χ4n) is 2.32. The number of rotatable bonds is 5. The van der Waals surface area contributed by atoms with Gasteiger partial charge in [-0.3, -0.25) is 4.98 Å². The molecule has 1 aromatic heterocycles. The van der Waals surface area contributed by atoms with Crippen molar-refractivity contribution in [3.63, 3.8) is 0 Å². The van der Waals surface area contributed by atoms with E-state index in [1.54, 1.807) is 0 Å². The number of halogens is 1. The Balaban J connectivity index is 2.24. The minimum absolute atomic E-state index is 0.335. The van der Waals surface area contributed by atoms with E-state index in [1.807, 2.05) is 12.4 Å². The first-order valence-electron chi connectivity index (χ1n) is 6.59. The zero-order valence-electron chi connectivity index (χ0n) is 11.4. The molecule has 19 heavy (non-hydrogen) atoms. The summed E-state index contributed by atoms with van der Waals surface area (Å²) in [5.41, 5.74) is 3.93. The van der Waals surface area contributed by atoms with Crippen LogP contribution >= 0.6 is 15.9 Å². The van der Waals surface area contributed by atoms with Gasteiger partial charge in [-0.25, -0.2) is 0 Å². The topological polar surface area (TPSA) is 24.9 Å². The zero-order chi connectivity index (χ0) is 13.7. The van der Waals surface area contributed by atoms with E-state index in [2.05, 4.69) is 70.4 Å². The lowest BCUT2D eigenvalue weighted by molar-refractivity contribution is 0.546. The molecule has 0 fully saturated rings. The van der Waals surface area contributed by atoms with Crippen molar-refractivity contribution in [2.24, 2.45) is 0 Å². The van der Waals surface area contributed by atoms with Crippen LogP contribution in [-0.4, -0.2) is 11.5 Å². The third-order valence-corrected chi connectivity index (χ3v) is 3.65. The third-order valence-electron chi connectivity index (χ3n) is 3.22. The van der Waals surface area contributed by atoms with Crippen molar-refractivity contribution >= 4 is 15.9 Å². The van der Waals surface area contributed by atoms with Crippen LogP contribution in [0.2, 0.25) is 0 Å². The molecule has 0 aliphatic rings. The van der Waals surface area contributed by atoms with Crippen LogP contribution in [0.25, 0.3) is 0 Å². The van der Waals surface area contributed by atoms with Crippen LogP contribution in [0, 0.1) is 6.92 Å². The summed E-state index contributed by atoms with van der Waals surface area (Å²) in [7, 11) is 0. The Morgan fingerprint density at radius 1 is 1.26 bits per heavy atom. The monoisotopic (exact) mass is 318 g/mol. The first kappa shape index (κ1) is 14.2. The highest BCUT2D eigenvalue weighted by Crippen LogP contribution is 2.22. The molecule has 0 bridgehead atoms. The predicted octanol–water partition coefficient (Wildman–Crippen LogP) is 4.05. The molecule has 1 N–H and O–H groups in total. The Labute approximate surface area is 123 Å². The SMILES string of the molecule is CCNC(Cc1cncc(Br)c1)c1ccccc1C. The number of nitrogens with one attached hydrogen (secondary N) is 1. The molecular weight excluding hydrogens is 300 g/mol. The fraction of sp³-hybridized carbons (Fsp3) is 0.312. The van der Waals surface area contributed by atoms with Crippen LogP contribution in [0.5, 0.6) is 0 Å². The Morgan fingerprint density at radius 3 is 2.74 bits per heavy atom. The van der Waals surface area contributed by atoms with Gasteiger partial charge in [-0.05, 0) is 58.6 Å². The lowest BCUT2D eigenvalue weighted by Crippen LogP contribution is -2.23. The van der Waals surface area contributed by atoms with Gasteiger partial charge in [0.05, 0.1) is 0 Å². The number of aromatic nitrogens is 1. The molecule has 0 amide bonds. The summed E-state index contributed by atoms with van der Waals surface area (Å²) in [4.78, 5) is 4.24. The lowest BCUT2D eigenvalue weighted by Gasteiger charge is -2.20. The highest BCUT2D eigenvalue weighted by atomic mass is 79.9. The van der Waals surface area contributed by atoms with E-state index in [4.69, 9.17) is 0 Å². The molecule has 0 saturated heterocycles. The second-order valence-corrected chi connectivity index (χ2v) is 5.60. The van der Waals surface area contributed by atoms with Gasteiger partial charge in [0, 0.05) is 22.9 Å². The highest BCUT2D eigenvalue weighted by Gasteiger charge is 2.13. The first-order valence-corrected chi connectivity index (χ1v) is 7.38. The van der Waals surface area contributed by atoms with Crippen LogP contribution in [-0.2, 0) is 6.42 Å². The van der Waals surface area contributed by atoms with Crippen LogP contribution in [0.4, 0.5) is 0 Å². The Morgan fingerprint density at radius 2 is 2.05 bits per heavy atom. The van der Waals surface area contributed by atoms with Gasteiger partial charge < -0.3 is 5.32 Å². The predicted molar refractivity (Wildman–Crippen MR) is 83.2 cm³/mol. The largest absolute Gasteiger partial charge is 0.310 e. The van der Waals surface area contributed by atoms with Crippen LogP contribution in [0.1, 0.15) is 29.7 Å². The van der Waals surface area contributed by atoms with Gasteiger partial charge in [-0.1, -0.05) is 31.2 Å². The van der Waals surface area contributed by atoms with Crippen molar-refractivity contribution in [1.29, 1.82) is 0 Å². The minimum Gasteiger partial charge on any atom is -0.310 e. The van der Waals surface area contributed by atoms with Crippen molar-refractivity contribution in [3.05, 3.63) is 63.9 Å². The van der Waals surface area contributed by atoms with E-state index in [9.17, 15) is 0 Å². The number of pyridine rings is 1. The van der Waals surface area contributed by atoms with E-state index in [0.717, 1.165) is 17.4 Å². The number of hydrogen-bond donors (Lipinski definition) is 1. The molecule has 1 atom stereocenters. The number of hydrogen-bond acceptors (Lipinski definition) is 2. The zero-order valence-corrected chi connectivity index (χ0v) is 12.9. The highest BCUT2D eigenvalue weighted by molar-refractivity contribution is 9.10. The summed E-state index contributed by atoms with van der Waals surface area (Å²) in [6.45, 7) is 5.27. The summed E-state index contributed by atoms with van der Waals surface area (Å²) in [5.74, 6) is 0. The lowest BCUT2D eigenvalue weighted by atomic mass is 9.96. The number of benzene rings is 1. The fourth-order valence-corrected chi connectivity index (χ4v) is 2.73. The van der Waals surface area contributed by atoms with Crippen molar-refractivity contribution < 1.29 is 0 Å². The second kappa shape index (κ2) is 6.83. The molecule has 3 heteroatoms. The van der Waals surface area contributed by atoms with Gasteiger partial charge >= 0.3 is 0 Å². The van der Waals surface area contributed by atoms with Gasteiger partial charge in [0.25, 0.3) is 0 Å². The summed E-state index contributed by atoms with van der Waals surface area (Å²) in [6, 6.07) is 11.0. The van der Waals surface area contributed by atoms with Crippen molar-refractivity contribution in [2.75, 3.05) is 6.54 Å². The van der Waals surface area contributed by atoms with Crippen LogP contribution in [0.15, 0.2) is 47.2 Å². The average Bonchev–Trinajstić information content (AvgIpc) is 2.39. The van der Waals surface area contributed by atoms with Gasteiger partial charge in [-0.2, -0.15) is 0 Å². The molecule has 0 aliphatic heterocycles. The second-order valence-electron chi connectivity index (χ2n) is 4.68. The molecule has 0 radical (unpaired) electrons. The van der Waals surface area contributed by atoms with Gasteiger partial charge in [0.2, 0.25) is 0 Å². The van der Waals surface area contributed by atoms with Gasteiger partial charge in [0.15, 0.2) is 0 Å². The molecule has 0 aliphatic carbocycles.